The van der Waals surface area contributed by atoms with Crippen LogP contribution in [0.1, 0.15) is 23.6 Å². The minimum absolute atomic E-state index is 0. The molecule has 0 spiro atoms. The summed E-state index contributed by atoms with van der Waals surface area (Å²) in [6.07, 6.45) is 1.73. The zero-order valence-corrected chi connectivity index (χ0v) is 21.9. The second kappa shape index (κ2) is 15.8. The molecule has 33 heavy (non-hydrogen) atoms. The van der Waals surface area contributed by atoms with E-state index >= 15 is 0 Å². The van der Waals surface area contributed by atoms with Gasteiger partial charge in [-0.1, -0.05) is 30.3 Å². The Morgan fingerprint density at radius 3 is 2.58 bits per heavy atom. The molecule has 2 aromatic rings. The van der Waals surface area contributed by atoms with E-state index in [2.05, 4.69) is 51.7 Å². The lowest BCUT2D eigenvalue weighted by molar-refractivity contribution is 0.0341. The number of benzene rings is 1. The number of nitrogens with one attached hydrogen (secondary N) is 2. The van der Waals surface area contributed by atoms with Crippen molar-refractivity contribution < 1.29 is 14.2 Å². The number of hydrogen-bond acceptors (Lipinski definition) is 6. The molecule has 0 bridgehead atoms. The molecule has 0 atom stereocenters. The van der Waals surface area contributed by atoms with Crippen LogP contribution < -0.4 is 15.4 Å². The van der Waals surface area contributed by atoms with Crippen LogP contribution in [0.2, 0.25) is 0 Å². The largest absolute Gasteiger partial charge is 0.475 e. The molecular formula is C24H36IN5O3. The van der Waals surface area contributed by atoms with E-state index in [1.807, 2.05) is 12.1 Å². The minimum Gasteiger partial charge on any atom is -0.475 e. The van der Waals surface area contributed by atoms with Crippen molar-refractivity contribution in [1.82, 2.24) is 20.5 Å². The number of morpholine rings is 1. The highest BCUT2D eigenvalue weighted by Gasteiger charge is 2.13. The lowest BCUT2D eigenvalue weighted by Gasteiger charge is -2.27. The van der Waals surface area contributed by atoms with Gasteiger partial charge in [0.25, 0.3) is 0 Å². The van der Waals surface area contributed by atoms with Crippen molar-refractivity contribution in [1.29, 1.82) is 0 Å². The molecule has 1 aromatic heterocycles. The smallest absolute Gasteiger partial charge is 0.218 e. The first-order valence-corrected chi connectivity index (χ1v) is 11.2. The van der Waals surface area contributed by atoms with Crippen molar-refractivity contribution in [2.45, 2.75) is 26.6 Å². The zero-order valence-electron chi connectivity index (χ0n) is 19.6. The van der Waals surface area contributed by atoms with Crippen molar-refractivity contribution in [3.63, 3.8) is 0 Å². The number of methoxy groups -OCH3 is 1. The average Bonchev–Trinajstić information content (AvgIpc) is 2.83. The summed E-state index contributed by atoms with van der Waals surface area (Å²) in [7, 11) is 1.65. The van der Waals surface area contributed by atoms with Crippen molar-refractivity contribution in [3.05, 3.63) is 59.3 Å². The molecule has 8 nitrogen and oxygen atoms in total. The molecule has 2 heterocycles. The SMILES string of the molecule is CCNC(=NCc1cccnc1OCCOC)NCc1ccccc1CN1CCOCC1.I. The molecule has 1 aliphatic heterocycles. The van der Waals surface area contributed by atoms with E-state index in [-0.39, 0.29) is 24.0 Å². The Balaban J connectivity index is 0.00000385. The first-order valence-electron chi connectivity index (χ1n) is 11.2. The number of pyridine rings is 1. The molecular weight excluding hydrogens is 533 g/mol. The summed E-state index contributed by atoms with van der Waals surface area (Å²) in [6, 6.07) is 12.5. The number of rotatable bonds is 11. The Bertz CT molecular complexity index is 846. The fraction of sp³-hybridized carbons (Fsp3) is 0.500. The highest BCUT2D eigenvalue weighted by atomic mass is 127. The normalized spacial score (nSPS) is 14.4. The second-order valence-electron chi connectivity index (χ2n) is 7.51. The maximum Gasteiger partial charge on any atom is 0.218 e. The van der Waals surface area contributed by atoms with Crippen LogP contribution >= 0.6 is 24.0 Å². The summed E-state index contributed by atoms with van der Waals surface area (Å²) in [5, 5.41) is 6.80. The first kappa shape index (κ1) is 27.3. The fourth-order valence-corrected chi connectivity index (χ4v) is 3.47. The Labute approximate surface area is 214 Å². The van der Waals surface area contributed by atoms with Crippen molar-refractivity contribution in [2.75, 3.05) is 53.2 Å². The van der Waals surface area contributed by atoms with E-state index in [0.29, 0.717) is 32.2 Å². The van der Waals surface area contributed by atoms with E-state index in [9.17, 15) is 0 Å². The highest BCUT2D eigenvalue weighted by Crippen LogP contribution is 2.16. The van der Waals surface area contributed by atoms with Gasteiger partial charge in [-0.3, -0.25) is 4.90 Å². The van der Waals surface area contributed by atoms with E-state index in [1.54, 1.807) is 13.3 Å². The van der Waals surface area contributed by atoms with Crippen LogP contribution in [-0.4, -0.2) is 69.0 Å². The molecule has 1 fully saturated rings. The number of hydrogen-bond donors (Lipinski definition) is 2. The summed E-state index contributed by atoms with van der Waals surface area (Å²) < 4.78 is 16.3. The van der Waals surface area contributed by atoms with Gasteiger partial charge in [-0.2, -0.15) is 0 Å². The highest BCUT2D eigenvalue weighted by molar-refractivity contribution is 14.0. The predicted octanol–water partition coefficient (Wildman–Crippen LogP) is 2.81. The number of aromatic nitrogens is 1. The van der Waals surface area contributed by atoms with Crippen LogP contribution in [0, 0.1) is 0 Å². The van der Waals surface area contributed by atoms with Crippen LogP contribution in [0.25, 0.3) is 0 Å². The molecule has 1 aromatic carbocycles. The Kier molecular flexibility index (Phi) is 13.1. The van der Waals surface area contributed by atoms with Gasteiger partial charge in [-0.25, -0.2) is 9.98 Å². The average molecular weight is 569 g/mol. The third-order valence-electron chi connectivity index (χ3n) is 5.19. The predicted molar refractivity (Wildman–Crippen MR) is 141 cm³/mol. The van der Waals surface area contributed by atoms with Crippen LogP contribution in [0.4, 0.5) is 0 Å². The van der Waals surface area contributed by atoms with Gasteiger partial charge in [0.1, 0.15) is 6.61 Å². The molecule has 0 amide bonds. The monoisotopic (exact) mass is 569 g/mol. The lowest BCUT2D eigenvalue weighted by Crippen LogP contribution is -2.38. The molecule has 0 aliphatic carbocycles. The molecule has 182 valence electrons. The molecule has 1 aliphatic rings. The van der Waals surface area contributed by atoms with E-state index in [4.69, 9.17) is 19.2 Å². The zero-order chi connectivity index (χ0) is 22.4. The topological polar surface area (TPSA) is 80.2 Å². The molecule has 3 rings (SSSR count). The van der Waals surface area contributed by atoms with Crippen LogP contribution in [0.5, 0.6) is 5.88 Å². The molecule has 2 N–H and O–H groups in total. The van der Waals surface area contributed by atoms with Crippen LogP contribution in [0.15, 0.2) is 47.6 Å². The second-order valence-corrected chi connectivity index (χ2v) is 7.51. The Hall–Kier alpha value is -1.95. The van der Waals surface area contributed by atoms with Gasteiger partial charge in [0.15, 0.2) is 5.96 Å². The number of aliphatic imine (C=N–C) groups is 1. The van der Waals surface area contributed by atoms with Gasteiger partial charge in [-0.15, -0.1) is 24.0 Å². The van der Waals surface area contributed by atoms with Gasteiger partial charge in [0.2, 0.25) is 5.88 Å². The first-order chi connectivity index (χ1) is 15.8. The maximum atomic E-state index is 5.73. The van der Waals surface area contributed by atoms with Gasteiger partial charge >= 0.3 is 0 Å². The van der Waals surface area contributed by atoms with Crippen LogP contribution in [0.3, 0.4) is 0 Å². The third-order valence-corrected chi connectivity index (χ3v) is 5.19. The Morgan fingerprint density at radius 2 is 1.82 bits per heavy atom. The summed E-state index contributed by atoms with van der Waals surface area (Å²) in [6.45, 7) is 9.52. The molecule has 1 saturated heterocycles. The van der Waals surface area contributed by atoms with Gasteiger partial charge in [0.05, 0.1) is 26.4 Å². The van der Waals surface area contributed by atoms with Crippen LogP contribution in [-0.2, 0) is 29.1 Å². The lowest BCUT2D eigenvalue weighted by atomic mass is 10.1. The quantitative estimate of drug-likeness (QED) is 0.187. The molecule has 0 radical (unpaired) electrons. The van der Waals surface area contributed by atoms with Gasteiger partial charge < -0.3 is 24.8 Å². The number of halogens is 1. The fourth-order valence-electron chi connectivity index (χ4n) is 3.47. The summed E-state index contributed by atoms with van der Waals surface area (Å²) >= 11 is 0. The van der Waals surface area contributed by atoms with Crippen molar-refractivity contribution in [2.24, 2.45) is 4.99 Å². The Morgan fingerprint density at radius 1 is 1.06 bits per heavy atom. The minimum atomic E-state index is 0. The standard InChI is InChI=1S/C24H35N5O3.HI/c1-3-25-24(28-18-21-9-6-10-26-23(21)32-16-15-30-2)27-17-20-7-4-5-8-22(20)19-29-11-13-31-14-12-29;/h4-10H,3,11-19H2,1-2H3,(H2,25,27,28);1H. The summed E-state index contributed by atoms with van der Waals surface area (Å²) in [5.74, 6) is 1.36. The van der Waals surface area contributed by atoms with Gasteiger partial charge in [0, 0.05) is 51.6 Å². The summed E-state index contributed by atoms with van der Waals surface area (Å²) in [4.78, 5) is 11.5. The molecule has 9 heteroatoms. The maximum absolute atomic E-state index is 5.73. The third kappa shape index (κ3) is 9.44. The number of ether oxygens (including phenoxy) is 3. The van der Waals surface area contributed by atoms with E-state index in [0.717, 1.165) is 50.9 Å². The number of nitrogens with zero attached hydrogens (tertiary/aromatic N) is 3. The van der Waals surface area contributed by atoms with Crippen molar-refractivity contribution in [3.8, 4) is 5.88 Å². The molecule has 0 unspecified atom stereocenters. The van der Waals surface area contributed by atoms with Crippen molar-refractivity contribution >= 4 is 29.9 Å². The van der Waals surface area contributed by atoms with Gasteiger partial charge in [-0.05, 0) is 24.1 Å². The summed E-state index contributed by atoms with van der Waals surface area (Å²) in [5.41, 5.74) is 3.54. The van der Waals surface area contributed by atoms with E-state index < -0.39 is 0 Å². The number of guanidine groups is 1. The molecule has 0 saturated carbocycles. The van der Waals surface area contributed by atoms with E-state index in [1.165, 1.54) is 11.1 Å².